The Kier molecular flexibility index (Phi) is 20.3. The zero-order chi connectivity index (χ0) is 40.1. The van der Waals surface area contributed by atoms with E-state index in [0.29, 0.717) is 19.4 Å². The van der Waals surface area contributed by atoms with Gasteiger partial charge in [0.15, 0.2) is 0 Å². The molecule has 3 N–H and O–H groups in total. The first kappa shape index (κ1) is 48.0. The van der Waals surface area contributed by atoms with Crippen LogP contribution in [0, 0.1) is 23.7 Å². The van der Waals surface area contributed by atoms with E-state index >= 15 is 0 Å². The van der Waals surface area contributed by atoms with E-state index in [1.807, 2.05) is 75.2 Å². The van der Waals surface area contributed by atoms with E-state index in [4.69, 9.17) is 9.47 Å². The minimum atomic E-state index is -0.752. The predicted molar refractivity (Wildman–Crippen MR) is 221 cm³/mol. The maximum absolute atomic E-state index is 14.3. The summed E-state index contributed by atoms with van der Waals surface area (Å²) in [6, 6.07) is 7.77. The highest BCUT2D eigenvalue weighted by atomic mass is 35.5. The largest absolute Gasteiger partial charge is 0.379 e. The number of hydrogen-bond donors (Lipinski definition) is 3. The Bertz CT molecular complexity index is 1470. The molecule has 310 valence electrons. The fourth-order valence-corrected chi connectivity index (χ4v) is 8.50. The minimum Gasteiger partial charge on any atom is -0.379 e. The highest BCUT2D eigenvalue weighted by molar-refractivity contribution is 7.09. The molecule has 0 radical (unpaired) electrons. The molecule has 1 fully saturated rings. The Hall–Kier alpha value is -3.10. The lowest BCUT2D eigenvalue weighted by Crippen LogP contribution is -2.59. The van der Waals surface area contributed by atoms with Gasteiger partial charge in [0.25, 0.3) is 0 Å². The number of benzene rings is 1. The van der Waals surface area contributed by atoms with Gasteiger partial charge in [0.1, 0.15) is 11.0 Å². The Morgan fingerprint density at radius 1 is 0.964 bits per heavy atom. The number of likely N-dealkylation sites (N-methyl/N-ethyl adjacent to an activating group) is 2. The number of hydrogen-bond acceptors (Lipinski definition) is 9. The predicted octanol–water partition coefficient (Wildman–Crippen LogP) is 5.27. The molecule has 9 atom stereocenters. The van der Waals surface area contributed by atoms with Crippen LogP contribution in [0.2, 0.25) is 0 Å². The van der Waals surface area contributed by atoms with Crippen LogP contribution < -0.4 is 16.0 Å². The van der Waals surface area contributed by atoms with Crippen LogP contribution in [0.3, 0.4) is 0 Å². The van der Waals surface area contributed by atoms with E-state index in [2.05, 4.69) is 34.8 Å². The molecule has 0 spiro atoms. The van der Waals surface area contributed by atoms with Crippen molar-refractivity contribution in [3.8, 4) is 0 Å². The molecule has 2 heterocycles. The monoisotopic (exact) mass is 806 g/mol. The molecule has 12 nitrogen and oxygen atoms in total. The fourth-order valence-electron chi connectivity index (χ4n) is 7.81. The van der Waals surface area contributed by atoms with Gasteiger partial charge in [-0.3, -0.25) is 19.2 Å². The van der Waals surface area contributed by atoms with Gasteiger partial charge in [-0.15, -0.1) is 23.7 Å². The van der Waals surface area contributed by atoms with Crippen molar-refractivity contribution in [1.29, 1.82) is 0 Å². The van der Waals surface area contributed by atoms with Crippen molar-refractivity contribution in [2.45, 2.75) is 123 Å². The fraction of sp³-hybridized carbons (Fsp3) is 0.683. The van der Waals surface area contributed by atoms with E-state index in [0.717, 1.165) is 23.4 Å². The number of carbonyl (C=O) groups is 4. The molecule has 0 aliphatic carbocycles. The number of amides is 4. The second kappa shape index (κ2) is 23.2. The van der Waals surface area contributed by atoms with Gasteiger partial charge in [-0.05, 0) is 49.6 Å². The number of likely N-dealkylation sites (tertiary alicyclic amines) is 1. The van der Waals surface area contributed by atoms with Gasteiger partial charge in [0.05, 0.1) is 48.7 Å². The van der Waals surface area contributed by atoms with Crippen LogP contribution in [0.15, 0.2) is 41.9 Å². The number of nitrogens with zero attached hydrogens (tertiary/aromatic N) is 3. The van der Waals surface area contributed by atoms with Crippen LogP contribution >= 0.6 is 23.7 Å². The Balaban J connectivity index is 0.0000105. The average Bonchev–Trinajstić information content (AvgIpc) is 3.87. The number of ether oxygens (including phenoxy) is 2. The maximum Gasteiger partial charge on any atom is 0.245 e. The summed E-state index contributed by atoms with van der Waals surface area (Å²) in [5.74, 6) is -1.41. The van der Waals surface area contributed by atoms with Crippen molar-refractivity contribution < 1.29 is 28.7 Å². The van der Waals surface area contributed by atoms with Gasteiger partial charge in [-0.1, -0.05) is 85.2 Å². The highest BCUT2D eigenvalue weighted by Crippen LogP contribution is 2.30. The zero-order valence-electron chi connectivity index (χ0n) is 34.7. The van der Waals surface area contributed by atoms with E-state index in [1.54, 1.807) is 39.4 Å². The summed E-state index contributed by atoms with van der Waals surface area (Å²) in [6.45, 7) is 14.3. The highest BCUT2D eigenvalue weighted by Gasteiger charge is 2.43. The first-order chi connectivity index (χ1) is 25.7. The number of thiazole rings is 1. The normalized spacial score (nSPS) is 18.7. The van der Waals surface area contributed by atoms with Crippen LogP contribution in [-0.2, 0) is 35.1 Å². The summed E-state index contributed by atoms with van der Waals surface area (Å²) in [7, 11) is 6.65. The van der Waals surface area contributed by atoms with Crippen molar-refractivity contribution in [3.63, 3.8) is 0 Å². The van der Waals surface area contributed by atoms with Gasteiger partial charge in [-0.25, -0.2) is 4.98 Å². The molecular weight excluding hydrogens is 740 g/mol. The molecule has 1 aromatic carbocycles. The lowest BCUT2D eigenvalue weighted by molar-refractivity contribution is -0.147. The number of aromatic nitrogens is 1. The molecule has 1 aliphatic heterocycles. The summed E-state index contributed by atoms with van der Waals surface area (Å²) < 4.78 is 12.1. The second-order valence-electron chi connectivity index (χ2n) is 15.5. The number of halogens is 1. The topological polar surface area (TPSA) is 142 Å². The molecule has 1 aromatic heterocycles. The van der Waals surface area contributed by atoms with Crippen molar-refractivity contribution in [3.05, 3.63) is 52.5 Å². The van der Waals surface area contributed by atoms with Crippen LogP contribution in [0.25, 0.3) is 0 Å². The second-order valence-corrected chi connectivity index (χ2v) is 16.4. The zero-order valence-corrected chi connectivity index (χ0v) is 36.4. The number of nitrogens with one attached hydrogen (secondary N) is 3. The summed E-state index contributed by atoms with van der Waals surface area (Å²) >= 11 is 1.51. The third-order valence-electron chi connectivity index (χ3n) is 11.1. The van der Waals surface area contributed by atoms with Crippen LogP contribution in [0.5, 0.6) is 0 Å². The van der Waals surface area contributed by atoms with E-state index in [-0.39, 0.29) is 72.3 Å². The summed E-state index contributed by atoms with van der Waals surface area (Å²) in [5, 5.41) is 12.0. The van der Waals surface area contributed by atoms with Crippen LogP contribution in [0.4, 0.5) is 0 Å². The van der Waals surface area contributed by atoms with Gasteiger partial charge in [0.2, 0.25) is 23.6 Å². The molecule has 0 unspecified atom stereocenters. The SMILES string of the molecule is CC[C@H](C)[C@@H]([C@@H](CC(=O)N1CCC[C@H]1[C@H](OC)[C@@H](C)C(=O)N[C@@H](Cc1ccccc1)c1nccs1)OC)N(C)C(=O)[C@@H](NC(=O)[C@@H](NC)C(C)C)C(C)C.Cl. The standard InChI is InChI=1S/C41H66N6O6S.ClH/c1-12-27(6)36(46(9)41(51)35(26(4)5)45-39(50)34(42-8)25(2)3)32(52-10)24-33(48)47-21-16-19-31(47)37(53-11)28(7)38(49)44-30(40-43-20-22-54-40)23-29-17-14-13-15-18-29;/h13-15,17-18,20,22,25-28,30-32,34-37,42H,12,16,19,21,23-24H2,1-11H3,(H,44,49)(H,45,50);1H/t27-,28+,30-,31-,32+,34-,35-,36-,37+;/m0./s1. The van der Waals surface area contributed by atoms with Crippen molar-refractivity contribution in [2.24, 2.45) is 23.7 Å². The minimum absolute atomic E-state index is 0. The number of carbonyl (C=O) groups excluding carboxylic acids is 4. The smallest absolute Gasteiger partial charge is 0.245 e. The Labute approximate surface area is 339 Å². The van der Waals surface area contributed by atoms with Crippen molar-refractivity contribution in [2.75, 3.05) is 34.9 Å². The maximum atomic E-state index is 14.3. The molecule has 0 bridgehead atoms. The quantitative estimate of drug-likeness (QED) is 0.155. The Morgan fingerprint density at radius 3 is 2.15 bits per heavy atom. The van der Waals surface area contributed by atoms with Crippen LogP contribution in [-0.4, -0.2) is 110 Å². The molecule has 2 aromatic rings. The molecule has 55 heavy (non-hydrogen) atoms. The lowest BCUT2D eigenvalue weighted by Gasteiger charge is -2.41. The number of methoxy groups -OCH3 is 2. The molecular formula is C41H67ClN6O6S. The third-order valence-corrected chi connectivity index (χ3v) is 12.0. The van der Waals surface area contributed by atoms with Gasteiger partial charge >= 0.3 is 0 Å². The molecule has 1 saturated heterocycles. The molecule has 4 amide bonds. The molecule has 0 saturated carbocycles. The van der Waals surface area contributed by atoms with Gasteiger partial charge in [0, 0.05) is 39.4 Å². The molecule has 14 heteroatoms. The van der Waals surface area contributed by atoms with Gasteiger partial charge < -0.3 is 35.2 Å². The first-order valence-corrected chi connectivity index (χ1v) is 20.4. The average molecular weight is 808 g/mol. The van der Waals surface area contributed by atoms with Crippen molar-refractivity contribution in [1.82, 2.24) is 30.7 Å². The first-order valence-electron chi connectivity index (χ1n) is 19.5. The van der Waals surface area contributed by atoms with E-state index in [1.165, 1.54) is 11.3 Å². The van der Waals surface area contributed by atoms with E-state index < -0.39 is 36.3 Å². The lowest BCUT2D eigenvalue weighted by atomic mass is 9.89. The summed E-state index contributed by atoms with van der Waals surface area (Å²) in [5.41, 5.74) is 1.09. The summed E-state index contributed by atoms with van der Waals surface area (Å²) in [4.78, 5) is 63.6. The third kappa shape index (κ3) is 12.7. The Morgan fingerprint density at radius 2 is 1.62 bits per heavy atom. The molecule has 1 aliphatic rings. The van der Waals surface area contributed by atoms with E-state index in [9.17, 15) is 19.2 Å². The van der Waals surface area contributed by atoms with Crippen molar-refractivity contribution >= 4 is 47.4 Å². The van der Waals surface area contributed by atoms with Crippen LogP contribution in [0.1, 0.15) is 90.8 Å². The summed E-state index contributed by atoms with van der Waals surface area (Å²) in [6.07, 6.45) is 3.48. The molecule has 3 rings (SSSR count). The van der Waals surface area contributed by atoms with Gasteiger partial charge in [-0.2, -0.15) is 0 Å². The number of rotatable bonds is 21.